The summed E-state index contributed by atoms with van der Waals surface area (Å²) < 4.78 is 65.5. The number of rotatable bonds is 5. The normalized spacial score (nSPS) is 13.6. The number of nitrogens with one attached hydrogen (secondary N) is 1. The molecule has 0 bridgehead atoms. The first-order chi connectivity index (χ1) is 9.61. The van der Waals surface area contributed by atoms with Crippen LogP contribution in [-0.4, -0.2) is 32.5 Å². The SMILES string of the molecule is CCOC(=O)C(C)Nc1ccccc1S(=O)(=O)C(F)(F)F. The van der Waals surface area contributed by atoms with Crippen LogP contribution in [0.2, 0.25) is 0 Å². The minimum Gasteiger partial charge on any atom is -0.464 e. The van der Waals surface area contributed by atoms with Crippen molar-refractivity contribution >= 4 is 21.5 Å². The highest BCUT2D eigenvalue weighted by molar-refractivity contribution is 7.92. The van der Waals surface area contributed by atoms with Crippen molar-refractivity contribution in [1.82, 2.24) is 0 Å². The Morgan fingerprint density at radius 3 is 2.43 bits per heavy atom. The summed E-state index contributed by atoms with van der Waals surface area (Å²) in [7, 11) is -5.51. The molecule has 0 amide bonds. The van der Waals surface area contributed by atoms with Gasteiger partial charge >= 0.3 is 11.5 Å². The van der Waals surface area contributed by atoms with Crippen LogP contribution in [0.3, 0.4) is 0 Å². The molecule has 1 aromatic carbocycles. The average Bonchev–Trinajstić information content (AvgIpc) is 2.38. The van der Waals surface area contributed by atoms with Crippen LogP contribution >= 0.6 is 0 Å². The first-order valence-corrected chi connectivity index (χ1v) is 7.43. The van der Waals surface area contributed by atoms with E-state index in [1.165, 1.54) is 19.1 Å². The summed E-state index contributed by atoms with van der Waals surface area (Å²) in [6.45, 7) is 3.04. The molecule has 0 radical (unpaired) electrons. The van der Waals surface area contributed by atoms with Gasteiger partial charge in [0.25, 0.3) is 9.84 Å². The molecule has 0 fully saturated rings. The van der Waals surface area contributed by atoms with Crippen molar-refractivity contribution in [2.24, 2.45) is 0 Å². The van der Waals surface area contributed by atoms with Crippen molar-refractivity contribution in [2.75, 3.05) is 11.9 Å². The van der Waals surface area contributed by atoms with Crippen molar-refractivity contribution in [1.29, 1.82) is 0 Å². The molecule has 0 aliphatic rings. The molecule has 21 heavy (non-hydrogen) atoms. The van der Waals surface area contributed by atoms with Gasteiger partial charge in [-0.1, -0.05) is 12.1 Å². The van der Waals surface area contributed by atoms with Gasteiger partial charge in [0.1, 0.15) is 6.04 Å². The summed E-state index contributed by atoms with van der Waals surface area (Å²) in [6, 6.07) is 3.50. The third-order valence-corrected chi connectivity index (χ3v) is 4.04. The van der Waals surface area contributed by atoms with E-state index in [0.717, 1.165) is 12.1 Å². The lowest BCUT2D eigenvalue weighted by molar-refractivity contribution is -0.143. The Morgan fingerprint density at radius 2 is 1.90 bits per heavy atom. The number of halogens is 3. The summed E-state index contributed by atoms with van der Waals surface area (Å²) in [4.78, 5) is 10.5. The van der Waals surface area contributed by atoms with Gasteiger partial charge < -0.3 is 10.1 Å². The number of alkyl halides is 3. The highest BCUT2D eigenvalue weighted by Gasteiger charge is 2.48. The zero-order chi connectivity index (χ0) is 16.3. The van der Waals surface area contributed by atoms with Crippen LogP contribution < -0.4 is 5.32 Å². The summed E-state index contributed by atoms with van der Waals surface area (Å²) in [6.07, 6.45) is 0. The minimum atomic E-state index is -5.51. The van der Waals surface area contributed by atoms with E-state index in [0.29, 0.717) is 0 Å². The average molecular weight is 325 g/mol. The molecule has 0 saturated carbocycles. The molecule has 1 aromatic rings. The number of sulfone groups is 1. The Kier molecular flexibility index (Phi) is 5.21. The molecule has 1 unspecified atom stereocenters. The summed E-state index contributed by atoms with van der Waals surface area (Å²) in [5.74, 6) is -0.697. The molecule has 0 aromatic heterocycles. The monoisotopic (exact) mass is 325 g/mol. The Morgan fingerprint density at radius 1 is 1.33 bits per heavy atom. The fourth-order valence-corrected chi connectivity index (χ4v) is 2.43. The molecule has 9 heteroatoms. The number of carbonyl (C=O) groups excluding carboxylic acids is 1. The second-order valence-electron chi connectivity index (χ2n) is 4.06. The maximum atomic E-state index is 12.6. The number of ether oxygens (including phenoxy) is 1. The topological polar surface area (TPSA) is 72.5 Å². The Bertz CT molecular complexity index is 613. The van der Waals surface area contributed by atoms with Crippen LogP contribution in [0, 0.1) is 0 Å². The summed E-state index contributed by atoms with van der Waals surface area (Å²) in [5, 5.41) is 2.42. The van der Waals surface area contributed by atoms with Crippen molar-refractivity contribution in [3.63, 3.8) is 0 Å². The standard InChI is InChI=1S/C12H14F3NO4S/c1-3-20-11(17)8(2)16-9-6-4-5-7-10(9)21(18,19)12(13,14)15/h4-8,16H,3H2,1-2H3. The van der Waals surface area contributed by atoms with Crippen molar-refractivity contribution in [2.45, 2.75) is 30.3 Å². The van der Waals surface area contributed by atoms with Crippen molar-refractivity contribution in [3.05, 3.63) is 24.3 Å². The fraction of sp³-hybridized carbons (Fsp3) is 0.417. The largest absolute Gasteiger partial charge is 0.501 e. The van der Waals surface area contributed by atoms with Gasteiger partial charge in [-0.3, -0.25) is 0 Å². The number of hydrogen-bond donors (Lipinski definition) is 1. The zero-order valence-electron chi connectivity index (χ0n) is 11.3. The van der Waals surface area contributed by atoms with Gasteiger partial charge in [-0.25, -0.2) is 13.2 Å². The molecule has 0 aliphatic heterocycles. The molecule has 5 nitrogen and oxygen atoms in total. The van der Waals surface area contributed by atoms with Crippen molar-refractivity contribution in [3.8, 4) is 0 Å². The third kappa shape index (κ3) is 3.87. The van der Waals surface area contributed by atoms with Crippen LogP contribution in [0.4, 0.5) is 18.9 Å². The predicted octanol–water partition coefficient (Wildman–Crippen LogP) is 2.34. The van der Waals surface area contributed by atoms with Gasteiger partial charge in [-0.2, -0.15) is 13.2 Å². The second-order valence-corrected chi connectivity index (χ2v) is 5.97. The van der Waals surface area contributed by atoms with E-state index in [9.17, 15) is 26.4 Å². The number of hydrogen-bond acceptors (Lipinski definition) is 5. The van der Waals surface area contributed by atoms with Crippen LogP contribution in [0.15, 0.2) is 29.2 Å². The molecule has 1 N–H and O–H groups in total. The number of benzene rings is 1. The summed E-state index contributed by atoms with van der Waals surface area (Å²) >= 11 is 0. The number of para-hydroxylation sites is 1. The van der Waals surface area contributed by atoms with Crippen LogP contribution in [0.25, 0.3) is 0 Å². The van der Waals surface area contributed by atoms with Gasteiger partial charge in [-0.05, 0) is 26.0 Å². The maximum absolute atomic E-state index is 12.6. The van der Waals surface area contributed by atoms with Gasteiger partial charge in [-0.15, -0.1) is 0 Å². The Hall–Kier alpha value is -1.77. The van der Waals surface area contributed by atoms with Crippen molar-refractivity contribution < 1.29 is 31.1 Å². The van der Waals surface area contributed by atoms with Gasteiger partial charge in [0.05, 0.1) is 17.2 Å². The van der Waals surface area contributed by atoms with E-state index >= 15 is 0 Å². The Balaban J connectivity index is 3.15. The highest BCUT2D eigenvalue weighted by Crippen LogP contribution is 2.34. The van der Waals surface area contributed by atoms with E-state index < -0.39 is 32.3 Å². The van der Waals surface area contributed by atoms with Gasteiger partial charge in [0.15, 0.2) is 0 Å². The quantitative estimate of drug-likeness (QED) is 0.841. The first-order valence-electron chi connectivity index (χ1n) is 5.94. The smallest absolute Gasteiger partial charge is 0.464 e. The van der Waals surface area contributed by atoms with E-state index in [4.69, 9.17) is 4.74 Å². The van der Waals surface area contributed by atoms with Crippen LogP contribution in [0.5, 0.6) is 0 Å². The lowest BCUT2D eigenvalue weighted by atomic mass is 10.2. The molecule has 1 rings (SSSR count). The first kappa shape index (κ1) is 17.3. The van der Waals surface area contributed by atoms with Gasteiger partial charge in [0, 0.05) is 0 Å². The van der Waals surface area contributed by atoms with Crippen LogP contribution in [-0.2, 0) is 19.4 Å². The van der Waals surface area contributed by atoms with E-state index in [1.807, 2.05) is 0 Å². The number of carbonyl (C=O) groups is 1. The van der Waals surface area contributed by atoms with E-state index in [1.54, 1.807) is 6.92 Å². The molecule has 0 spiro atoms. The molecule has 118 valence electrons. The molecule has 0 heterocycles. The summed E-state index contributed by atoms with van der Waals surface area (Å²) in [5.41, 5.74) is -5.73. The molecular weight excluding hydrogens is 311 g/mol. The Labute approximate surface area is 120 Å². The van der Waals surface area contributed by atoms with Gasteiger partial charge in [0.2, 0.25) is 0 Å². The highest BCUT2D eigenvalue weighted by atomic mass is 32.2. The molecular formula is C12H14F3NO4S. The number of esters is 1. The lowest BCUT2D eigenvalue weighted by Gasteiger charge is -2.17. The zero-order valence-corrected chi connectivity index (χ0v) is 12.1. The second kappa shape index (κ2) is 6.33. The number of anilines is 1. The minimum absolute atomic E-state index is 0.105. The van der Waals surface area contributed by atoms with Crippen LogP contribution in [0.1, 0.15) is 13.8 Å². The predicted molar refractivity (Wildman–Crippen MR) is 69.4 cm³/mol. The third-order valence-electron chi connectivity index (χ3n) is 2.49. The maximum Gasteiger partial charge on any atom is 0.501 e. The lowest BCUT2D eigenvalue weighted by Crippen LogP contribution is -2.30. The molecule has 0 saturated heterocycles. The van der Waals surface area contributed by atoms with E-state index in [2.05, 4.69) is 5.32 Å². The van der Waals surface area contributed by atoms with E-state index in [-0.39, 0.29) is 12.3 Å². The molecule has 0 aliphatic carbocycles. The molecule has 1 atom stereocenters. The fourth-order valence-electron chi connectivity index (χ4n) is 1.50.